The van der Waals surface area contributed by atoms with Gasteiger partial charge in [0, 0.05) is 34.1 Å². The third-order valence-electron chi connectivity index (χ3n) is 9.11. The molecule has 0 fully saturated rings. The van der Waals surface area contributed by atoms with E-state index in [1.807, 2.05) is 36.4 Å². The first-order valence-corrected chi connectivity index (χ1v) is 16.9. The third kappa shape index (κ3) is 6.39. The number of H-pyrrole nitrogens is 2. The largest absolute Gasteiger partial charge is 0.422 e. The van der Waals surface area contributed by atoms with E-state index in [0.29, 0.717) is 17.0 Å². The molecule has 0 spiro atoms. The molecular weight excluding hydrogens is 604 g/mol. The van der Waals surface area contributed by atoms with Crippen molar-refractivity contribution >= 4 is 52.3 Å². The van der Waals surface area contributed by atoms with E-state index in [2.05, 4.69) is 118 Å². The van der Waals surface area contributed by atoms with Crippen molar-refractivity contribution in [3.63, 3.8) is 0 Å². The Hall–Kier alpha value is -5.49. The molecule has 0 amide bonds. The van der Waals surface area contributed by atoms with E-state index in [1.165, 1.54) is 11.1 Å². The third-order valence-corrected chi connectivity index (χ3v) is 9.11. The molecule has 3 aromatic heterocycles. The normalized spacial score (nSPS) is 12.8. The van der Waals surface area contributed by atoms with E-state index in [4.69, 9.17) is 14.7 Å². The van der Waals surface area contributed by atoms with Crippen LogP contribution in [0.1, 0.15) is 88.8 Å². The van der Waals surface area contributed by atoms with Gasteiger partial charge >= 0.3 is 5.97 Å². The monoisotopic (exact) mass is 646 g/mol. The number of carbonyl (C=O) groups is 1. The molecule has 2 N–H and O–H groups in total. The van der Waals surface area contributed by atoms with Crippen molar-refractivity contribution in [2.75, 3.05) is 0 Å². The topological polar surface area (TPSA) is 83.7 Å². The number of carbonyl (C=O) groups excluding carboxylic acids is 1. The first kappa shape index (κ1) is 32.1. The zero-order chi connectivity index (χ0) is 34.5. The summed E-state index contributed by atoms with van der Waals surface area (Å²) in [4.78, 5) is 30.0. The van der Waals surface area contributed by atoms with Gasteiger partial charge in [-0.25, -0.2) is 9.97 Å². The SMILES string of the molecule is CCC(=O)Oc1c2nc(c(-c3ccc(C(C)(C)C)cc3)c3ccc([nH]3)c(-c3ccc(C(C)(C)C)cc3)c3nc(cc4ccc1[nH]4)C=C3)C=C2. The number of hydrogen-bond acceptors (Lipinski definition) is 4. The molecule has 0 saturated heterocycles. The minimum atomic E-state index is -0.328. The number of ether oxygens (including phenoxy) is 1. The van der Waals surface area contributed by atoms with Crippen LogP contribution in [0.3, 0.4) is 0 Å². The van der Waals surface area contributed by atoms with Crippen LogP contribution in [0.5, 0.6) is 5.75 Å². The number of nitrogens with zero attached hydrogens (tertiary/aromatic N) is 2. The number of benzene rings is 2. The zero-order valence-electron chi connectivity index (χ0n) is 29.2. The van der Waals surface area contributed by atoms with Crippen molar-refractivity contribution in [2.24, 2.45) is 0 Å². The van der Waals surface area contributed by atoms with E-state index in [-0.39, 0.29) is 23.2 Å². The Morgan fingerprint density at radius 1 is 0.612 bits per heavy atom. The smallest absolute Gasteiger partial charge is 0.311 e. The van der Waals surface area contributed by atoms with Crippen LogP contribution in [0.25, 0.3) is 68.6 Å². The maximum absolute atomic E-state index is 12.6. The summed E-state index contributed by atoms with van der Waals surface area (Å²) in [7, 11) is 0. The summed E-state index contributed by atoms with van der Waals surface area (Å²) < 4.78 is 5.92. The number of rotatable bonds is 4. The molecule has 5 aromatic rings. The Morgan fingerprint density at radius 2 is 1.12 bits per heavy atom. The Balaban J connectivity index is 1.58. The fourth-order valence-electron chi connectivity index (χ4n) is 6.29. The molecule has 246 valence electrons. The maximum Gasteiger partial charge on any atom is 0.311 e. The quantitative estimate of drug-likeness (QED) is 0.186. The van der Waals surface area contributed by atoms with Gasteiger partial charge in [0.1, 0.15) is 5.69 Å². The molecule has 49 heavy (non-hydrogen) atoms. The first-order valence-electron chi connectivity index (χ1n) is 16.9. The van der Waals surface area contributed by atoms with Gasteiger partial charge in [0.05, 0.1) is 22.6 Å². The number of aromatic amines is 2. The lowest BCUT2D eigenvalue weighted by Crippen LogP contribution is -2.10. The molecule has 7 rings (SSSR count). The summed E-state index contributed by atoms with van der Waals surface area (Å²) in [5, 5.41) is 0. The van der Waals surface area contributed by atoms with Crippen molar-refractivity contribution in [1.29, 1.82) is 0 Å². The standard InChI is InChI=1S/C43H42N4O2/c1-8-38(48)49-41-36-20-18-31(45-36)25-30-17-19-32(44-30)39(26-9-13-28(14-10-26)42(2,3)4)33-21-22-34(46-33)40(35-23-24-37(41)47-35)27-11-15-29(16-12-27)43(5,6)7/h9-25,45-46H,8H2,1-7H3. The number of esters is 1. The van der Waals surface area contributed by atoms with Crippen LogP contribution in [0, 0.1) is 0 Å². The van der Waals surface area contributed by atoms with Crippen LogP contribution >= 0.6 is 0 Å². The minimum Gasteiger partial charge on any atom is -0.422 e. The zero-order valence-corrected chi connectivity index (χ0v) is 29.2. The highest BCUT2D eigenvalue weighted by atomic mass is 16.5. The van der Waals surface area contributed by atoms with Crippen LogP contribution in [0.4, 0.5) is 0 Å². The number of fused-ring (bicyclic) bond motifs is 8. The molecule has 0 aliphatic carbocycles. The van der Waals surface area contributed by atoms with Gasteiger partial charge in [0.15, 0.2) is 5.75 Å². The second kappa shape index (κ2) is 12.2. The first-order chi connectivity index (χ1) is 23.4. The fraction of sp³-hybridized carbons (Fsp3) is 0.233. The highest BCUT2D eigenvalue weighted by Gasteiger charge is 2.20. The minimum absolute atomic E-state index is 0.0200. The molecule has 0 unspecified atom stereocenters. The van der Waals surface area contributed by atoms with Crippen molar-refractivity contribution in [3.05, 3.63) is 113 Å². The highest BCUT2D eigenvalue weighted by molar-refractivity contribution is 5.96. The summed E-state index contributed by atoms with van der Waals surface area (Å²) in [5.41, 5.74) is 13.1. The average Bonchev–Trinajstić information content (AvgIpc) is 3.89. The lowest BCUT2D eigenvalue weighted by Gasteiger charge is -2.19. The van der Waals surface area contributed by atoms with Crippen molar-refractivity contribution in [1.82, 2.24) is 19.9 Å². The summed E-state index contributed by atoms with van der Waals surface area (Å²) in [6.45, 7) is 15.1. The van der Waals surface area contributed by atoms with Crippen LogP contribution in [0.15, 0.2) is 78.9 Å². The molecular formula is C43H42N4O2. The summed E-state index contributed by atoms with van der Waals surface area (Å²) in [5.74, 6) is 0.0657. The van der Waals surface area contributed by atoms with Gasteiger partial charge in [-0.15, -0.1) is 0 Å². The molecule has 0 atom stereocenters. The van der Waals surface area contributed by atoms with E-state index >= 15 is 0 Å². The average molecular weight is 647 g/mol. The molecule has 2 aliphatic heterocycles. The van der Waals surface area contributed by atoms with Crippen LogP contribution in [-0.2, 0) is 15.6 Å². The van der Waals surface area contributed by atoms with Gasteiger partial charge in [-0.3, -0.25) is 4.79 Å². The van der Waals surface area contributed by atoms with Gasteiger partial charge < -0.3 is 14.7 Å². The van der Waals surface area contributed by atoms with Crippen molar-refractivity contribution in [3.8, 4) is 28.0 Å². The fourth-order valence-corrected chi connectivity index (χ4v) is 6.29. The number of nitrogens with one attached hydrogen (secondary N) is 2. The lowest BCUT2D eigenvalue weighted by atomic mass is 9.86. The summed E-state index contributed by atoms with van der Waals surface area (Å²) >= 11 is 0. The predicted molar refractivity (Wildman–Crippen MR) is 203 cm³/mol. The summed E-state index contributed by atoms with van der Waals surface area (Å²) in [6, 6.07) is 27.7. The number of hydrogen-bond donors (Lipinski definition) is 2. The summed E-state index contributed by atoms with van der Waals surface area (Å²) in [6.07, 6.45) is 8.27. The molecule has 0 radical (unpaired) electrons. The Morgan fingerprint density at radius 3 is 1.67 bits per heavy atom. The Kier molecular flexibility index (Phi) is 7.98. The highest BCUT2D eigenvalue weighted by Crippen LogP contribution is 2.37. The van der Waals surface area contributed by atoms with Crippen molar-refractivity contribution < 1.29 is 9.53 Å². The Bertz CT molecular complexity index is 2300. The molecule has 2 aliphatic rings. The lowest BCUT2D eigenvalue weighted by molar-refractivity contribution is -0.133. The van der Waals surface area contributed by atoms with Crippen LogP contribution in [0.2, 0.25) is 0 Å². The van der Waals surface area contributed by atoms with E-state index in [0.717, 1.165) is 55.9 Å². The molecule has 5 heterocycles. The van der Waals surface area contributed by atoms with Gasteiger partial charge in [0.25, 0.3) is 0 Å². The molecule has 0 saturated carbocycles. The maximum atomic E-state index is 12.6. The van der Waals surface area contributed by atoms with Crippen molar-refractivity contribution in [2.45, 2.75) is 65.7 Å². The van der Waals surface area contributed by atoms with Crippen LogP contribution < -0.4 is 4.74 Å². The second-order valence-electron chi connectivity index (χ2n) is 14.8. The Labute approximate surface area is 287 Å². The molecule has 6 nitrogen and oxygen atoms in total. The molecule has 2 aromatic carbocycles. The van der Waals surface area contributed by atoms with E-state index in [9.17, 15) is 4.79 Å². The van der Waals surface area contributed by atoms with Gasteiger partial charge in [0.2, 0.25) is 0 Å². The van der Waals surface area contributed by atoms with Gasteiger partial charge in [-0.2, -0.15) is 0 Å². The van der Waals surface area contributed by atoms with Gasteiger partial charge in [-0.1, -0.05) is 97.0 Å². The second-order valence-corrected chi connectivity index (χ2v) is 14.8. The molecule has 6 heteroatoms. The number of aromatic nitrogens is 4. The van der Waals surface area contributed by atoms with E-state index < -0.39 is 0 Å². The van der Waals surface area contributed by atoms with E-state index in [1.54, 1.807) is 6.92 Å². The van der Waals surface area contributed by atoms with Gasteiger partial charge in [-0.05, 0) is 87.7 Å². The van der Waals surface area contributed by atoms with Crippen LogP contribution in [-0.4, -0.2) is 25.9 Å². The molecule has 8 bridgehead atoms. The predicted octanol–water partition coefficient (Wildman–Crippen LogP) is 10.9.